The van der Waals surface area contributed by atoms with Gasteiger partial charge < -0.3 is 14.8 Å². The zero-order chi connectivity index (χ0) is 12.8. The van der Waals surface area contributed by atoms with Crippen LogP contribution in [0.1, 0.15) is 26.2 Å². The predicted molar refractivity (Wildman–Crippen MR) is 73.3 cm³/mol. The van der Waals surface area contributed by atoms with Crippen LogP contribution in [0.2, 0.25) is 0 Å². The minimum Gasteiger partial charge on any atom is -0.497 e. The summed E-state index contributed by atoms with van der Waals surface area (Å²) in [6, 6.07) is 7.78. The number of methoxy groups -OCH3 is 1. The Bertz CT molecular complexity index is 357. The Morgan fingerprint density at radius 2 is 1.83 bits per heavy atom. The van der Waals surface area contributed by atoms with E-state index < -0.39 is 0 Å². The van der Waals surface area contributed by atoms with E-state index in [-0.39, 0.29) is 0 Å². The lowest BCUT2D eigenvalue weighted by atomic mass is 10.0. The molecule has 1 aromatic rings. The molecule has 0 bridgehead atoms. The van der Waals surface area contributed by atoms with Crippen LogP contribution in [0.25, 0.3) is 0 Å². The van der Waals surface area contributed by atoms with Gasteiger partial charge in [-0.3, -0.25) is 0 Å². The second-order valence-electron chi connectivity index (χ2n) is 5.05. The van der Waals surface area contributed by atoms with Crippen molar-refractivity contribution in [3.05, 3.63) is 24.3 Å². The number of rotatable bonds is 8. The highest BCUT2D eigenvalue weighted by Crippen LogP contribution is 2.48. The molecule has 1 saturated carbocycles. The highest BCUT2D eigenvalue weighted by molar-refractivity contribution is 5.31. The van der Waals surface area contributed by atoms with Crippen LogP contribution in [-0.2, 0) is 0 Å². The molecule has 0 heterocycles. The highest BCUT2D eigenvalue weighted by Gasteiger charge is 2.41. The molecule has 2 rings (SSSR count). The normalized spacial score (nSPS) is 16.3. The van der Waals surface area contributed by atoms with Crippen LogP contribution in [-0.4, -0.2) is 26.8 Å². The van der Waals surface area contributed by atoms with Gasteiger partial charge in [-0.15, -0.1) is 0 Å². The fourth-order valence-electron chi connectivity index (χ4n) is 2.14. The molecule has 1 fully saturated rings. The average molecular weight is 249 g/mol. The highest BCUT2D eigenvalue weighted by atomic mass is 16.5. The van der Waals surface area contributed by atoms with E-state index in [1.165, 1.54) is 12.8 Å². The first-order valence-electron chi connectivity index (χ1n) is 6.75. The molecule has 0 amide bonds. The van der Waals surface area contributed by atoms with Gasteiger partial charge in [0, 0.05) is 6.54 Å². The maximum Gasteiger partial charge on any atom is 0.119 e. The summed E-state index contributed by atoms with van der Waals surface area (Å²) in [5, 5.41) is 3.44. The third kappa shape index (κ3) is 3.64. The number of hydrogen-bond donors (Lipinski definition) is 1. The van der Waals surface area contributed by atoms with Gasteiger partial charge in [-0.2, -0.15) is 0 Å². The molecule has 0 aliphatic heterocycles. The van der Waals surface area contributed by atoms with Crippen molar-refractivity contribution in [3.8, 4) is 11.5 Å². The van der Waals surface area contributed by atoms with Crippen LogP contribution in [0.5, 0.6) is 11.5 Å². The van der Waals surface area contributed by atoms with E-state index in [0.717, 1.165) is 37.6 Å². The smallest absolute Gasteiger partial charge is 0.119 e. The van der Waals surface area contributed by atoms with Crippen molar-refractivity contribution in [2.24, 2.45) is 5.41 Å². The predicted octanol–water partition coefficient (Wildman–Crippen LogP) is 2.85. The Balaban J connectivity index is 1.71. The molecule has 0 atom stereocenters. The first-order chi connectivity index (χ1) is 8.78. The monoisotopic (exact) mass is 249 g/mol. The molecule has 1 aliphatic rings. The standard InChI is InChI=1S/C15H23NO2/c1-3-16-12-15(8-9-15)10-11-18-14-6-4-13(17-2)5-7-14/h4-7,16H,3,8-12H2,1-2H3. The molecule has 3 nitrogen and oxygen atoms in total. The molecular formula is C15H23NO2. The van der Waals surface area contributed by atoms with Crippen molar-refractivity contribution in [2.75, 3.05) is 26.8 Å². The molecule has 1 aromatic carbocycles. The molecule has 0 radical (unpaired) electrons. The summed E-state index contributed by atoms with van der Waals surface area (Å²) in [6.45, 7) is 5.15. The van der Waals surface area contributed by atoms with Gasteiger partial charge in [0.05, 0.1) is 13.7 Å². The summed E-state index contributed by atoms with van der Waals surface area (Å²) < 4.78 is 10.9. The first-order valence-corrected chi connectivity index (χ1v) is 6.75. The number of ether oxygens (including phenoxy) is 2. The summed E-state index contributed by atoms with van der Waals surface area (Å²) in [7, 11) is 1.67. The van der Waals surface area contributed by atoms with E-state index in [1.807, 2.05) is 24.3 Å². The molecule has 1 N–H and O–H groups in total. The van der Waals surface area contributed by atoms with Crippen molar-refractivity contribution in [3.63, 3.8) is 0 Å². The van der Waals surface area contributed by atoms with Gasteiger partial charge in [0.1, 0.15) is 11.5 Å². The zero-order valence-electron chi connectivity index (χ0n) is 11.4. The summed E-state index contributed by atoms with van der Waals surface area (Å²) in [6.07, 6.45) is 3.82. The Hall–Kier alpha value is -1.22. The van der Waals surface area contributed by atoms with Crippen LogP contribution < -0.4 is 14.8 Å². The van der Waals surface area contributed by atoms with Crippen LogP contribution in [0.3, 0.4) is 0 Å². The lowest BCUT2D eigenvalue weighted by Crippen LogP contribution is -2.25. The van der Waals surface area contributed by atoms with E-state index in [9.17, 15) is 0 Å². The maximum atomic E-state index is 5.78. The summed E-state index contributed by atoms with van der Waals surface area (Å²) >= 11 is 0. The third-order valence-corrected chi connectivity index (χ3v) is 3.67. The zero-order valence-corrected chi connectivity index (χ0v) is 11.4. The lowest BCUT2D eigenvalue weighted by Gasteiger charge is -2.15. The summed E-state index contributed by atoms with van der Waals surface area (Å²) in [5.74, 6) is 1.79. The molecule has 0 saturated heterocycles. The largest absolute Gasteiger partial charge is 0.497 e. The Morgan fingerprint density at radius 3 is 2.39 bits per heavy atom. The molecule has 0 aromatic heterocycles. The minimum atomic E-state index is 0.516. The van der Waals surface area contributed by atoms with Gasteiger partial charge in [-0.1, -0.05) is 6.92 Å². The maximum absolute atomic E-state index is 5.78. The second kappa shape index (κ2) is 6.10. The van der Waals surface area contributed by atoms with Crippen molar-refractivity contribution >= 4 is 0 Å². The van der Waals surface area contributed by atoms with Crippen molar-refractivity contribution in [2.45, 2.75) is 26.2 Å². The fourth-order valence-corrected chi connectivity index (χ4v) is 2.14. The molecule has 100 valence electrons. The van der Waals surface area contributed by atoms with Crippen LogP contribution in [0.4, 0.5) is 0 Å². The SMILES string of the molecule is CCNCC1(CCOc2ccc(OC)cc2)CC1. The first kappa shape index (κ1) is 13.2. The fraction of sp³-hybridized carbons (Fsp3) is 0.600. The molecule has 0 unspecified atom stereocenters. The van der Waals surface area contributed by atoms with Gasteiger partial charge in [-0.25, -0.2) is 0 Å². The van der Waals surface area contributed by atoms with Crippen molar-refractivity contribution < 1.29 is 9.47 Å². The van der Waals surface area contributed by atoms with Crippen molar-refractivity contribution in [1.29, 1.82) is 0 Å². The van der Waals surface area contributed by atoms with Gasteiger partial charge in [0.2, 0.25) is 0 Å². The van der Waals surface area contributed by atoms with Gasteiger partial charge in [0.15, 0.2) is 0 Å². The minimum absolute atomic E-state index is 0.516. The topological polar surface area (TPSA) is 30.5 Å². The number of benzene rings is 1. The molecule has 3 heteroatoms. The second-order valence-corrected chi connectivity index (χ2v) is 5.05. The average Bonchev–Trinajstić information content (AvgIpc) is 3.18. The van der Waals surface area contributed by atoms with E-state index in [2.05, 4.69) is 12.2 Å². The van der Waals surface area contributed by atoms with Crippen LogP contribution in [0, 0.1) is 5.41 Å². The van der Waals surface area contributed by atoms with Crippen LogP contribution in [0.15, 0.2) is 24.3 Å². The third-order valence-electron chi connectivity index (χ3n) is 3.67. The van der Waals surface area contributed by atoms with Gasteiger partial charge in [0.25, 0.3) is 0 Å². The Morgan fingerprint density at radius 1 is 1.17 bits per heavy atom. The number of hydrogen-bond acceptors (Lipinski definition) is 3. The lowest BCUT2D eigenvalue weighted by molar-refractivity contribution is 0.265. The molecular weight excluding hydrogens is 226 g/mol. The molecule has 18 heavy (non-hydrogen) atoms. The quantitative estimate of drug-likeness (QED) is 0.768. The van der Waals surface area contributed by atoms with Crippen molar-refractivity contribution in [1.82, 2.24) is 5.32 Å². The van der Waals surface area contributed by atoms with Gasteiger partial charge in [-0.05, 0) is 55.5 Å². The Kier molecular flexibility index (Phi) is 4.48. The number of nitrogens with one attached hydrogen (secondary N) is 1. The van der Waals surface area contributed by atoms with E-state index >= 15 is 0 Å². The molecule has 0 spiro atoms. The molecule has 1 aliphatic carbocycles. The van der Waals surface area contributed by atoms with Crippen LogP contribution >= 0.6 is 0 Å². The Labute approximate surface area is 109 Å². The van der Waals surface area contributed by atoms with E-state index in [0.29, 0.717) is 5.41 Å². The summed E-state index contributed by atoms with van der Waals surface area (Å²) in [5.41, 5.74) is 0.516. The summed E-state index contributed by atoms with van der Waals surface area (Å²) in [4.78, 5) is 0. The van der Waals surface area contributed by atoms with E-state index in [1.54, 1.807) is 7.11 Å². The van der Waals surface area contributed by atoms with Gasteiger partial charge >= 0.3 is 0 Å². The van der Waals surface area contributed by atoms with E-state index in [4.69, 9.17) is 9.47 Å².